The fraction of sp³-hybridized carbons (Fsp3) is 0.769. The van der Waals surface area contributed by atoms with Crippen molar-refractivity contribution in [3.8, 4) is 0 Å². The zero-order valence-electron chi connectivity index (χ0n) is 12.0. The number of nitrogens with zero attached hydrogens (tertiary/aromatic N) is 2. The molecule has 3 amide bonds. The van der Waals surface area contributed by atoms with Crippen molar-refractivity contribution in [3.63, 3.8) is 0 Å². The topological polar surface area (TPSA) is 104 Å². The van der Waals surface area contributed by atoms with Gasteiger partial charge in [0.15, 0.2) is 0 Å². The summed E-state index contributed by atoms with van der Waals surface area (Å²) in [6.45, 7) is 4.12. The molecule has 1 heterocycles. The molecule has 114 valence electrons. The molecule has 2 atom stereocenters. The highest BCUT2D eigenvalue weighted by Crippen LogP contribution is 2.23. The minimum atomic E-state index is -1.04. The van der Waals surface area contributed by atoms with Crippen LogP contribution >= 0.6 is 0 Å². The Hall–Kier alpha value is -1.79. The maximum atomic E-state index is 12.4. The monoisotopic (exact) mass is 285 g/mol. The van der Waals surface area contributed by atoms with Crippen LogP contribution in [0, 0.1) is 5.92 Å². The molecular weight excluding hydrogens is 262 g/mol. The van der Waals surface area contributed by atoms with Gasteiger partial charge in [-0.2, -0.15) is 0 Å². The lowest BCUT2D eigenvalue weighted by Crippen LogP contribution is -2.54. The van der Waals surface area contributed by atoms with E-state index in [1.807, 2.05) is 13.8 Å². The largest absolute Gasteiger partial charge is 0.480 e. The number of hydrogen-bond donors (Lipinski definition) is 2. The van der Waals surface area contributed by atoms with Gasteiger partial charge in [-0.1, -0.05) is 6.92 Å². The van der Waals surface area contributed by atoms with E-state index in [0.29, 0.717) is 25.8 Å². The van der Waals surface area contributed by atoms with Crippen molar-refractivity contribution in [1.29, 1.82) is 0 Å². The van der Waals surface area contributed by atoms with Crippen LogP contribution in [0.15, 0.2) is 0 Å². The molecule has 0 spiro atoms. The normalized spacial score (nSPS) is 22.4. The summed E-state index contributed by atoms with van der Waals surface area (Å²) in [7, 11) is 0. The van der Waals surface area contributed by atoms with Crippen molar-refractivity contribution in [2.45, 2.75) is 39.2 Å². The Morgan fingerprint density at radius 3 is 2.50 bits per heavy atom. The molecule has 1 aliphatic rings. The number of carbonyl (C=O) groups excluding carboxylic acids is 2. The van der Waals surface area contributed by atoms with E-state index in [0.717, 1.165) is 0 Å². The van der Waals surface area contributed by atoms with E-state index in [1.165, 1.54) is 4.90 Å². The van der Waals surface area contributed by atoms with Crippen molar-refractivity contribution >= 4 is 17.9 Å². The lowest BCUT2D eigenvalue weighted by atomic mass is 9.93. The lowest BCUT2D eigenvalue weighted by Gasteiger charge is -2.39. The van der Waals surface area contributed by atoms with E-state index in [1.54, 1.807) is 4.90 Å². The summed E-state index contributed by atoms with van der Waals surface area (Å²) in [6, 6.07) is -0.334. The van der Waals surface area contributed by atoms with Gasteiger partial charge in [-0.15, -0.1) is 0 Å². The van der Waals surface area contributed by atoms with Crippen molar-refractivity contribution in [1.82, 2.24) is 9.80 Å². The van der Waals surface area contributed by atoms with E-state index in [2.05, 4.69) is 0 Å². The SMILES string of the molecule is CCCN(CC(=O)O)C(=O)N1CC(C(N)=O)CCC1C. The molecule has 1 saturated heterocycles. The van der Waals surface area contributed by atoms with E-state index < -0.39 is 11.9 Å². The van der Waals surface area contributed by atoms with Gasteiger partial charge in [0, 0.05) is 19.1 Å². The summed E-state index contributed by atoms with van der Waals surface area (Å²) in [5.74, 6) is -1.79. The molecule has 1 rings (SSSR count). The Kier molecular flexibility index (Phi) is 5.79. The van der Waals surface area contributed by atoms with E-state index in [4.69, 9.17) is 10.8 Å². The zero-order valence-corrected chi connectivity index (χ0v) is 12.0. The fourth-order valence-electron chi connectivity index (χ4n) is 2.46. The van der Waals surface area contributed by atoms with Crippen LogP contribution < -0.4 is 5.73 Å². The minimum absolute atomic E-state index is 0.00810. The lowest BCUT2D eigenvalue weighted by molar-refractivity contribution is -0.138. The van der Waals surface area contributed by atoms with Crippen LogP contribution in [0.1, 0.15) is 33.1 Å². The Bertz CT molecular complexity index is 386. The smallest absolute Gasteiger partial charge is 0.323 e. The molecule has 1 aliphatic heterocycles. The molecule has 2 unspecified atom stereocenters. The molecule has 20 heavy (non-hydrogen) atoms. The van der Waals surface area contributed by atoms with Gasteiger partial charge in [0.2, 0.25) is 5.91 Å². The Morgan fingerprint density at radius 1 is 1.35 bits per heavy atom. The predicted octanol–water partition coefficient (Wildman–Crippen LogP) is 0.489. The summed E-state index contributed by atoms with van der Waals surface area (Å²) >= 11 is 0. The average molecular weight is 285 g/mol. The van der Waals surface area contributed by atoms with Crippen molar-refractivity contribution in [2.24, 2.45) is 11.7 Å². The summed E-state index contributed by atoms with van der Waals surface area (Å²) < 4.78 is 0. The second-order valence-corrected chi connectivity index (χ2v) is 5.28. The van der Waals surface area contributed by atoms with Crippen molar-refractivity contribution in [2.75, 3.05) is 19.6 Å². The average Bonchev–Trinajstić information content (AvgIpc) is 2.37. The molecule has 7 heteroatoms. The van der Waals surface area contributed by atoms with Crippen LogP contribution in [0.4, 0.5) is 4.79 Å². The number of carbonyl (C=O) groups is 3. The number of urea groups is 1. The van der Waals surface area contributed by atoms with Crippen LogP contribution in [0.3, 0.4) is 0 Å². The highest BCUT2D eigenvalue weighted by molar-refractivity contribution is 5.82. The predicted molar refractivity (Wildman–Crippen MR) is 73.0 cm³/mol. The number of aliphatic carboxylic acids is 1. The van der Waals surface area contributed by atoms with E-state index in [9.17, 15) is 14.4 Å². The van der Waals surface area contributed by atoms with E-state index >= 15 is 0 Å². The third-order valence-electron chi connectivity index (χ3n) is 3.62. The second kappa shape index (κ2) is 7.12. The maximum absolute atomic E-state index is 12.4. The molecule has 0 bridgehead atoms. The summed E-state index contributed by atoms with van der Waals surface area (Å²) in [5.41, 5.74) is 5.31. The third kappa shape index (κ3) is 4.11. The van der Waals surface area contributed by atoms with E-state index in [-0.39, 0.29) is 31.1 Å². The number of likely N-dealkylation sites (tertiary alicyclic amines) is 1. The number of piperidine rings is 1. The molecule has 0 aromatic carbocycles. The first kappa shape index (κ1) is 16.3. The number of rotatable bonds is 5. The Labute approximate surface area is 118 Å². The quantitative estimate of drug-likeness (QED) is 0.767. The number of carboxylic acid groups (broad SMARTS) is 1. The Morgan fingerprint density at radius 2 is 2.00 bits per heavy atom. The first-order valence-electron chi connectivity index (χ1n) is 6.93. The van der Waals surface area contributed by atoms with Gasteiger partial charge in [-0.05, 0) is 26.2 Å². The van der Waals surface area contributed by atoms with Gasteiger partial charge in [-0.3, -0.25) is 9.59 Å². The first-order valence-corrected chi connectivity index (χ1v) is 6.93. The molecule has 7 nitrogen and oxygen atoms in total. The van der Waals surface area contributed by atoms with Gasteiger partial charge < -0.3 is 20.6 Å². The molecule has 0 aromatic heterocycles. The maximum Gasteiger partial charge on any atom is 0.323 e. The first-order chi connectivity index (χ1) is 9.36. The van der Waals surface area contributed by atoms with Gasteiger partial charge in [-0.25, -0.2) is 4.79 Å². The molecule has 1 fully saturated rings. The molecular formula is C13H23N3O4. The van der Waals surface area contributed by atoms with Crippen molar-refractivity contribution < 1.29 is 19.5 Å². The van der Waals surface area contributed by atoms with Gasteiger partial charge in [0.1, 0.15) is 6.54 Å². The van der Waals surface area contributed by atoms with Crippen LogP contribution in [0.5, 0.6) is 0 Å². The number of carboxylic acids is 1. The van der Waals surface area contributed by atoms with Crippen LogP contribution in [-0.2, 0) is 9.59 Å². The van der Waals surface area contributed by atoms with Gasteiger partial charge >= 0.3 is 12.0 Å². The molecule has 0 aliphatic carbocycles. The third-order valence-corrected chi connectivity index (χ3v) is 3.62. The van der Waals surface area contributed by atoms with Gasteiger partial charge in [0.25, 0.3) is 0 Å². The van der Waals surface area contributed by atoms with Crippen LogP contribution in [0.25, 0.3) is 0 Å². The molecule has 0 aromatic rings. The molecule has 0 saturated carbocycles. The number of amides is 3. The molecule has 3 N–H and O–H groups in total. The highest BCUT2D eigenvalue weighted by atomic mass is 16.4. The zero-order chi connectivity index (χ0) is 15.3. The summed E-state index contributed by atoms with van der Waals surface area (Å²) in [4.78, 5) is 37.4. The number of primary amides is 1. The number of hydrogen-bond acceptors (Lipinski definition) is 3. The van der Waals surface area contributed by atoms with Crippen LogP contribution in [-0.4, -0.2) is 58.5 Å². The molecule has 0 radical (unpaired) electrons. The second-order valence-electron chi connectivity index (χ2n) is 5.28. The summed E-state index contributed by atoms with van der Waals surface area (Å²) in [6.07, 6.45) is 2.06. The highest BCUT2D eigenvalue weighted by Gasteiger charge is 2.34. The van der Waals surface area contributed by atoms with Crippen LogP contribution in [0.2, 0.25) is 0 Å². The standard InChI is InChI=1S/C13H23N3O4/c1-3-6-15(8-11(17)18)13(20)16-7-10(12(14)19)5-4-9(16)2/h9-10H,3-8H2,1-2H3,(H2,14,19)(H,17,18). The fourth-order valence-corrected chi connectivity index (χ4v) is 2.46. The minimum Gasteiger partial charge on any atom is -0.480 e. The number of nitrogens with two attached hydrogens (primary N) is 1. The summed E-state index contributed by atoms with van der Waals surface area (Å²) in [5, 5.41) is 8.88. The van der Waals surface area contributed by atoms with Crippen molar-refractivity contribution in [3.05, 3.63) is 0 Å². The Balaban J connectivity index is 2.79. The van der Waals surface area contributed by atoms with Gasteiger partial charge in [0.05, 0.1) is 5.92 Å².